The summed E-state index contributed by atoms with van der Waals surface area (Å²) in [6.07, 6.45) is 1.81. The molecule has 0 bridgehead atoms. The van der Waals surface area contributed by atoms with Crippen LogP contribution < -0.4 is 20.3 Å². The zero-order valence-corrected chi connectivity index (χ0v) is 17.7. The number of alkyl halides is 2. The van der Waals surface area contributed by atoms with Crippen LogP contribution in [0.3, 0.4) is 0 Å². The number of hydrogen-bond acceptors (Lipinski definition) is 4. The second kappa shape index (κ2) is 10.3. The molecule has 1 unspecified atom stereocenters. The van der Waals surface area contributed by atoms with Gasteiger partial charge in [-0.25, -0.2) is 0 Å². The summed E-state index contributed by atoms with van der Waals surface area (Å²) in [6, 6.07) is 9.16. The topological polar surface area (TPSA) is 66.7 Å². The predicted molar refractivity (Wildman–Crippen MR) is 115 cm³/mol. The molecule has 0 saturated carbocycles. The van der Waals surface area contributed by atoms with Crippen molar-refractivity contribution in [3.05, 3.63) is 41.7 Å². The van der Waals surface area contributed by atoms with Gasteiger partial charge in [0.2, 0.25) is 0 Å². The maximum Gasteiger partial charge on any atom is 0.387 e. The summed E-state index contributed by atoms with van der Waals surface area (Å²) in [5, 5.41) is 11.2. The van der Waals surface area contributed by atoms with Gasteiger partial charge < -0.3 is 20.3 Å². The Hall–Kier alpha value is -2.84. The molecule has 7 nitrogen and oxygen atoms in total. The summed E-state index contributed by atoms with van der Waals surface area (Å²) in [5.41, 5.74) is 2.89. The average Bonchev–Trinajstić information content (AvgIpc) is 3.30. The van der Waals surface area contributed by atoms with Gasteiger partial charge in [0, 0.05) is 45.0 Å². The van der Waals surface area contributed by atoms with E-state index in [1.807, 2.05) is 23.7 Å². The van der Waals surface area contributed by atoms with Gasteiger partial charge in [-0.15, -0.1) is 0 Å². The number of benzene rings is 1. The Morgan fingerprint density at radius 2 is 2.13 bits per heavy atom. The third-order valence-electron chi connectivity index (χ3n) is 5.12. The highest BCUT2D eigenvalue weighted by atomic mass is 19.3. The highest BCUT2D eigenvalue weighted by molar-refractivity contribution is 5.80. The van der Waals surface area contributed by atoms with Crippen LogP contribution in [0.4, 0.5) is 14.5 Å². The number of para-hydroxylation sites is 2. The van der Waals surface area contributed by atoms with Gasteiger partial charge in [0.25, 0.3) is 0 Å². The van der Waals surface area contributed by atoms with Gasteiger partial charge in [-0.05, 0) is 44.9 Å². The fourth-order valence-corrected chi connectivity index (χ4v) is 3.74. The minimum Gasteiger partial charge on any atom is -0.433 e. The number of ether oxygens (including phenoxy) is 1. The summed E-state index contributed by atoms with van der Waals surface area (Å²) in [6.45, 7) is 4.30. The number of rotatable bonds is 8. The normalized spacial score (nSPS) is 16.9. The molecule has 0 aliphatic carbocycles. The number of nitrogens with zero attached hydrogens (tertiary/aromatic N) is 4. The van der Waals surface area contributed by atoms with Crippen molar-refractivity contribution < 1.29 is 13.5 Å². The largest absolute Gasteiger partial charge is 0.433 e. The Kier molecular flexibility index (Phi) is 7.48. The van der Waals surface area contributed by atoms with Gasteiger partial charge >= 0.3 is 6.61 Å². The smallest absolute Gasteiger partial charge is 0.387 e. The number of guanidine groups is 1. The lowest BCUT2D eigenvalue weighted by Crippen LogP contribution is -2.45. The third-order valence-corrected chi connectivity index (χ3v) is 5.12. The summed E-state index contributed by atoms with van der Waals surface area (Å²) in [7, 11) is 1.74. The van der Waals surface area contributed by atoms with Crippen molar-refractivity contribution in [1.82, 2.24) is 20.4 Å². The second-order valence-electron chi connectivity index (χ2n) is 7.42. The first-order valence-corrected chi connectivity index (χ1v) is 10.2. The predicted octanol–water partition coefficient (Wildman–Crippen LogP) is 2.94. The number of hydrogen-bond donors (Lipinski definition) is 2. The average molecular weight is 421 g/mol. The molecule has 1 aromatic carbocycles. The van der Waals surface area contributed by atoms with Crippen LogP contribution in [0.5, 0.6) is 5.75 Å². The van der Waals surface area contributed by atoms with Crippen molar-refractivity contribution in [2.24, 2.45) is 4.99 Å². The minimum atomic E-state index is -2.83. The first-order valence-electron chi connectivity index (χ1n) is 10.2. The zero-order chi connectivity index (χ0) is 21.5. The highest BCUT2D eigenvalue weighted by Gasteiger charge is 2.26. The van der Waals surface area contributed by atoms with Crippen LogP contribution in [0.25, 0.3) is 0 Å². The third kappa shape index (κ3) is 5.84. The van der Waals surface area contributed by atoms with Crippen molar-refractivity contribution in [2.75, 3.05) is 31.6 Å². The first kappa shape index (κ1) is 21.9. The van der Waals surface area contributed by atoms with Gasteiger partial charge in [0.15, 0.2) is 5.96 Å². The highest BCUT2D eigenvalue weighted by Crippen LogP contribution is 2.31. The Morgan fingerprint density at radius 3 is 2.83 bits per heavy atom. The summed E-state index contributed by atoms with van der Waals surface area (Å²) < 4.78 is 32.0. The van der Waals surface area contributed by atoms with E-state index in [1.54, 1.807) is 19.2 Å². The first-order chi connectivity index (χ1) is 14.5. The SMILES string of the molecule is CN=C(NCCCn1nc(C)cc1C)NC1CCN(c2ccccc2OC(F)F)C1. The van der Waals surface area contributed by atoms with Crippen molar-refractivity contribution in [1.29, 1.82) is 0 Å². The molecule has 0 amide bonds. The lowest BCUT2D eigenvalue weighted by molar-refractivity contribution is -0.0495. The van der Waals surface area contributed by atoms with E-state index in [4.69, 9.17) is 0 Å². The maximum absolute atomic E-state index is 12.7. The molecule has 0 radical (unpaired) electrons. The van der Waals surface area contributed by atoms with E-state index in [9.17, 15) is 8.78 Å². The summed E-state index contributed by atoms with van der Waals surface area (Å²) in [4.78, 5) is 6.36. The van der Waals surface area contributed by atoms with E-state index in [1.165, 1.54) is 0 Å². The molecule has 1 atom stereocenters. The van der Waals surface area contributed by atoms with Crippen molar-refractivity contribution >= 4 is 11.6 Å². The van der Waals surface area contributed by atoms with Crippen LogP contribution in [0.2, 0.25) is 0 Å². The molecular formula is C21H30F2N6O. The van der Waals surface area contributed by atoms with E-state index < -0.39 is 6.61 Å². The number of anilines is 1. The Labute approximate surface area is 176 Å². The van der Waals surface area contributed by atoms with Crippen LogP contribution in [-0.4, -0.2) is 55.1 Å². The van der Waals surface area contributed by atoms with Crippen molar-refractivity contribution in [3.63, 3.8) is 0 Å². The van der Waals surface area contributed by atoms with Crippen LogP contribution in [-0.2, 0) is 6.54 Å². The molecule has 1 aliphatic heterocycles. The van der Waals surface area contributed by atoms with Crippen LogP contribution in [0, 0.1) is 13.8 Å². The second-order valence-corrected chi connectivity index (χ2v) is 7.42. The van der Waals surface area contributed by atoms with Gasteiger partial charge in [-0.3, -0.25) is 9.67 Å². The Morgan fingerprint density at radius 1 is 1.33 bits per heavy atom. The lowest BCUT2D eigenvalue weighted by Gasteiger charge is -2.22. The minimum absolute atomic E-state index is 0.173. The molecule has 1 aliphatic rings. The molecule has 30 heavy (non-hydrogen) atoms. The molecule has 9 heteroatoms. The van der Waals surface area contributed by atoms with Crippen LogP contribution in [0.1, 0.15) is 24.2 Å². The summed E-state index contributed by atoms with van der Waals surface area (Å²) in [5.74, 6) is 0.951. The van der Waals surface area contributed by atoms with E-state index in [-0.39, 0.29) is 11.8 Å². The maximum atomic E-state index is 12.7. The molecular weight excluding hydrogens is 390 g/mol. The molecule has 2 N–H and O–H groups in total. The number of aryl methyl sites for hydroxylation is 3. The molecule has 1 saturated heterocycles. The number of aromatic nitrogens is 2. The molecule has 3 rings (SSSR count). The van der Waals surface area contributed by atoms with Gasteiger partial charge in [0.05, 0.1) is 11.4 Å². The van der Waals surface area contributed by atoms with Gasteiger partial charge in [-0.2, -0.15) is 13.9 Å². The van der Waals surface area contributed by atoms with E-state index >= 15 is 0 Å². The van der Waals surface area contributed by atoms with Crippen LogP contribution in [0.15, 0.2) is 35.3 Å². The van der Waals surface area contributed by atoms with Gasteiger partial charge in [0.1, 0.15) is 5.75 Å². The number of nitrogens with one attached hydrogen (secondary N) is 2. The van der Waals surface area contributed by atoms with E-state index in [0.717, 1.165) is 49.8 Å². The number of halogens is 2. The lowest BCUT2D eigenvalue weighted by atomic mass is 10.2. The monoisotopic (exact) mass is 420 g/mol. The molecule has 164 valence electrons. The fraction of sp³-hybridized carbons (Fsp3) is 0.524. The summed E-state index contributed by atoms with van der Waals surface area (Å²) >= 11 is 0. The van der Waals surface area contributed by atoms with Crippen molar-refractivity contribution in [3.8, 4) is 5.75 Å². The van der Waals surface area contributed by atoms with Gasteiger partial charge in [-0.1, -0.05) is 12.1 Å². The standard InChI is InChI=1S/C21H30F2N6O/c1-15-13-16(2)29(27-15)11-6-10-25-21(24-3)26-17-9-12-28(14-17)18-7-4-5-8-19(18)30-20(22)23/h4-5,7-8,13,17,20H,6,9-12,14H2,1-3H3,(H2,24,25,26). The zero-order valence-electron chi connectivity index (χ0n) is 17.7. The Bertz CT molecular complexity index is 854. The molecule has 0 spiro atoms. The molecule has 1 fully saturated rings. The number of aliphatic imine (C=N–C) groups is 1. The molecule has 2 heterocycles. The van der Waals surface area contributed by atoms with E-state index in [0.29, 0.717) is 12.2 Å². The Balaban J connectivity index is 1.46. The molecule has 1 aromatic heterocycles. The van der Waals surface area contributed by atoms with E-state index in [2.05, 4.69) is 43.4 Å². The van der Waals surface area contributed by atoms with Crippen molar-refractivity contribution in [2.45, 2.75) is 45.9 Å². The van der Waals surface area contributed by atoms with Crippen LogP contribution >= 0.6 is 0 Å². The molecule has 2 aromatic rings. The fourth-order valence-electron chi connectivity index (χ4n) is 3.74. The quantitative estimate of drug-likeness (QED) is 0.391.